The molecule has 0 aliphatic rings. The van der Waals surface area contributed by atoms with Gasteiger partial charge < -0.3 is 14.8 Å². The summed E-state index contributed by atoms with van der Waals surface area (Å²) in [6, 6.07) is 0.551. The van der Waals surface area contributed by atoms with Gasteiger partial charge in [-0.2, -0.15) is 0 Å². The van der Waals surface area contributed by atoms with Gasteiger partial charge in [-0.15, -0.1) is 0 Å². The lowest BCUT2D eigenvalue weighted by atomic mass is 9.96. The predicted molar refractivity (Wildman–Crippen MR) is 59.6 cm³/mol. The van der Waals surface area contributed by atoms with Crippen LogP contribution in [0.3, 0.4) is 0 Å². The number of rotatable bonds is 9. The Morgan fingerprint density at radius 2 is 1.64 bits per heavy atom. The first-order valence-corrected chi connectivity index (χ1v) is 5.47. The average Bonchev–Trinajstić information content (AvgIpc) is 2.20. The van der Waals surface area contributed by atoms with Gasteiger partial charge in [0.15, 0.2) is 0 Å². The molecule has 3 nitrogen and oxygen atoms in total. The van der Waals surface area contributed by atoms with Crippen LogP contribution in [0.1, 0.15) is 26.7 Å². The fourth-order valence-electron chi connectivity index (χ4n) is 1.60. The van der Waals surface area contributed by atoms with Gasteiger partial charge in [-0.25, -0.2) is 0 Å². The zero-order valence-corrected chi connectivity index (χ0v) is 10.0. The van der Waals surface area contributed by atoms with E-state index in [1.165, 1.54) is 0 Å². The van der Waals surface area contributed by atoms with Crippen molar-refractivity contribution in [3.8, 4) is 0 Å². The van der Waals surface area contributed by atoms with Crippen LogP contribution in [0.2, 0.25) is 0 Å². The molecular weight excluding hydrogens is 178 g/mol. The van der Waals surface area contributed by atoms with Crippen LogP contribution in [0.25, 0.3) is 0 Å². The number of hydrogen-bond donors (Lipinski definition) is 1. The van der Waals surface area contributed by atoms with Crippen molar-refractivity contribution in [1.82, 2.24) is 5.32 Å². The maximum Gasteiger partial charge on any atom is 0.0477 e. The lowest BCUT2D eigenvalue weighted by Crippen LogP contribution is -2.36. The summed E-state index contributed by atoms with van der Waals surface area (Å²) in [6.45, 7) is 7.10. The SMILES string of the molecule is CCNC(CCOC)C(C)CCOC. The number of ether oxygens (including phenoxy) is 2. The Morgan fingerprint density at radius 3 is 2.14 bits per heavy atom. The summed E-state index contributed by atoms with van der Waals surface area (Å²) in [4.78, 5) is 0. The minimum Gasteiger partial charge on any atom is -0.385 e. The zero-order chi connectivity index (χ0) is 10.8. The van der Waals surface area contributed by atoms with E-state index in [-0.39, 0.29) is 0 Å². The Hall–Kier alpha value is -0.120. The van der Waals surface area contributed by atoms with Gasteiger partial charge in [0.05, 0.1) is 0 Å². The first-order valence-electron chi connectivity index (χ1n) is 5.47. The molecule has 3 heteroatoms. The van der Waals surface area contributed by atoms with Gasteiger partial charge in [-0.3, -0.25) is 0 Å². The van der Waals surface area contributed by atoms with E-state index < -0.39 is 0 Å². The Labute approximate surface area is 88.2 Å². The molecule has 0 saturated carbocycles. The molecule has 0 aromatic heterocycles. The van der Waals surface area contributed by atoms with E-state index in [0.29, 0.717) is 12.0 Å². The molecule has 0 saturated heterocycles. The van der Waals surface area contributed by atoms with Crippen molar-refractivity contribution in [2.45, 2.75) is 32.7 Å². The van der Waals surface area contributed by atoms with E-state index in [1.807, 2.05) is 0 Å². The molecule has 0 radical (unpaired) electrons. The summed E-state index contributed by atoms with van der Waals surface area (Å²) in [5, 5.41) is 3.49. The van der Waals surface area contributed by atoms with Crippen LogP contribution in [-0.4, -0.2) is 40.0 Å². The maximum absolute atomic E-state index is 5.10. The quantitative estimate of drug-likeness (QED) is 0.618. The minimum absolute atomic E-state index is 0.551. The van der Waals surface area contributed by atoms with Crippen molar-refractivity contribution in [3.63, 3.8) is 0 Å². The molecule has 0 aromatic rings. The normalized spacial score (nSPS) is 15.4. The topological polar surface area (TPSA) is 30.5 Å². The lowest BCUT2D eigenvalue weighted by molar-refractivity contribution is 0.148. The van der Waals surface area contributed by atoms with E-state index in [1.54, 1.807) is 14.2 Å². The van der Waals surface area contributed by atoms with Gasteiger partial charge in [-0.1, -0.05) is 13.8 Å². The highest BCUT2D eigenvalue weighted by Crippen LogP contribution is 2.11. The van der Waals surface area contributed by atoms with Crippen molar-refractivity contribution in [1.29, 1.82) is 0 Å². The molecule has 86 valence electrons. The first kappa shape index (κ1) is 13.9. The van der Waals surface area contributed by atoms with Gasteiger partial charge in [-0.05, 0) is 25.3 Å². The second kappa shape index (κ2) is 9.44. The van der Waals surface area contributed by atoms with Crippen molar-refractivity contribution in [2.24, 2.45) is 5.92 Å². The second-order valence-corrected chi connectivity index (χ2v) is 3.70. The molecule has 0 aliphatic heterocycles. The molecule has 0 spiro atoms. The van der Waals surface area contributed by atoms with Crippen LogP contribution in [0.4, 0.5) is 0 Å². The van der Waals surface area contributed by atoms with Crippen molar-refractivity contribution in [2.75, 3.05) is 34.0 Å². The Morgan fingerprint density at radius 1 is 1.07 bits per heavy atom. The number of nitrogens with one attached hydrogen (secondary N) is 1. The largest absolute Gasteiger partial charge is 0.385 e. The fourth-order valence-corrected chi connectivity index (χ4v) is 1.60. The highest BCUT2D eigenvalue weighted by molar-refractivity contribution is 4.72. The van der Waals surface area contributed by atoms with Gasteiger partial charge >= 0.3 is 0 Å². The summed E-state index contributed by atoms with van der Waals surface area (Å²) in [7, 11) is 3.51. The van der Waals surface area contributed by atoms with Crippen molar-refractivity contribution in [3.05, 3.63) is 0 Å². The monoisotopic (exact) mass is 203 g/mol. The standard InChI is InChI=1S/C11H25NO2/c1-5-12-11(7-9-14-4)10(2)6-8-13-3/h10-12H,5-9H2,1-4H3. The Bertz CT molecular complexity index is 120. The van der Waals surface area contributed by atoms with Crippen LogP contribution < -0.4 is 5.32 Å². The molecule has 0 aromatic carbocycles. The molecule has 14 heavy (non-hydrogen) atoms. The third kappa shape index (κ3) is 6.35. The van der Waals surface area contributed by atoms with Gasteiger partial charge in [0.1, 0.15) is 0 Å². The molecule has 0 aliphatic carbocycles. The summed E-state index contributed by atoms with van der Waals surface area (Å²) in [6.07, 6.45) is 2.19. The smallest absolute Gasteiger partial charge is 0.0477 e. The first-order chi connectivity index (χ1) is 6.76. The third-order valence-corrected chi connectivity index (χ3v) is 2.56. The highest BCUT2D eigenvalue weighted by atomic mass is 16.5. The summed E-state index contributed by atoms with van der Waals surface area (Å²) in [5.74, 6) is 0.644. The number of methoxy groups -OCH3 is 2. The van der Waals surface area contributed by atoms with E-state index >= 15 is 0 Å². The minimum atomic E-state index is 0.551. The van der Waals surface area contributed by atoms with Crippen LogP contribution >= 0.6 is 0 Å². The summed E-state index contributed by atoms with van der Waals surface area (Å²) >= 11 is 0. The molecule has 0 rings (SSSR count). The van der Waals surface area contributed by atoms with Gasteiger partial charge in [0.2, 0.25) is 0 Å². The highest BCUT2D eigenvalue weighted by Gasteiger charge is 2.15. The maximum atomic E-state index is 5.10. The summed E-state index contributed by atoms with van der Waals surface area (Å²) < 4.78 is 10.2. The third-order valence-electron chi connectivity index (χ3n) is 2.56. The van der Waals surface area contributed by atoms with E-state index in [0.717, 1.165) is 32.6 Å². The Kier molecular flexibility index (Phi) is 9.35. The summed E-state index contributed by atoms with van der Waals surface area (Å²) in [5.41, 5.74) is 0. The van der Waals surface area contributed by atoms with Crippen LogP contribution in [-0.2, 0) is 9.47 Å². The molecule has 0 bridgehead atoms. The van der Waals surface area contributed by atoms with Crippen LogP contribution in [0, 0.1) is 5.92 Å². The average molecular weight is 203 g/mol. The molecule has 1 N–H and O–H groups in total. The van der Waals surface area contributed by atoms with Crippen LogP contribution in [0.15, 0.2) is 0 Å². The van der Waals surface area contributed by atoms with Gasteiger partial charge in [0.25, 0.3) is 0 Å². The molecule has 0 heterocycles. The lowest BCUT2D eigenvalue weighted by Gasteiger charge is -2.24. The van der Waals surface area contributed by atoms with Crippen LogP contribution in [0.5, 0.6) is 0 Å². The fraction of sp³-hybridized carbons (Fsp3) is 1.00. The van der Waals surface area contributed by atoms with E-state index in [4.69, 9.17) is 9.47 Å². The number of hydrogen-bond acceptors (Lipinski definition) is 3. The van der Waals surface area contributed by atoms with E-state index in [9.17, 15) is 0 Å². The molecule has 2 atom stereocenters. The molecule has 2 unspecified atom stereocenters. The van der Waals surface area contributed by atoms with Gasteiger partial charge in [0, 0.05) is 33.5 Å². The van der Waals surface area contributed by atoms with Crippen molar-refractivity contribution >= 4 is 0 Å². The van der Waals surface area contributed by atoms with E-state index in [2.05, 4.69) is 19.2 Å². The second-order valence-electron chi connectivity index (χ2n) is 3.70. The molecule has 0 fully saturated rings. The molecule has 0 amide bonds. The van der Waals surface area contributed by atoms with Crippen molar-refractivity contribution < 1.29 is 9.47 Å². The predicted octanol–water partition coefficient (Wildman–Crippen LogP) is 1.67. The zero-order valence-electron chi connectivity index (χ0n) is 10.0. The molecular formula is C11H25NO2. The Balaban J connectivity index is 3.77.